The number of aliphatic hydroxyl groups excluding tert-OH is 1. The van der Waals surface area contributed by atoms with Crippen LogP contribution in [0.5, 0.6) is 0 Å². The quantitative estimate of drug-likeness (QED) is 0.518. The number of pyridine rings is 1. The second kappa shape index (κ2) is 8.94. The summed E-state index contributed by atoms with van der Waals surface area (Å²) in [4.78, 5) is 17.5. The standard InChI is InChI=1S/C27H26FNO3/c1-6-27(18(5)30,26(31)32)23-22(19-12-14-21(28)15-13-19)17(4)25(29-24(23)16(2)3)20-10-8-7-9-11-20/h1,7-16,18,30H,2-5H3,(H,31,32). The first-order chi connectivity index (χ1) is 15.1. The highest BCUT2D eigenvalue weighted by Gasteiger charge is 2.48. The van der Waals surface area contributed by atoms with Crippen molar-refractivity contribution in [2.75, 3.05) is 0 Å². The number of aliphatic carboxylic acids is 1. The molecule has 0 aliphatic rings. The molecule has 0 amide bonds. The number of hydrogen-bond donors (Lipinski definition) is 2. The molecule has 1 heterocycles. The van der Waals surface area contributed by atoms with Gasteiger partial charge in [0.05, 0.1) is 11.8 Å². The van der Waals surface area contributed by atoms with Gasteiger partial charge in [-0.05, 0) is 48.6 Å². The monoisotopic (exact) mass is 431 g/mol. The van der Waals surface area contributed by atoms with Crippen LogP contribution in [0.4, 0.5) is 4.39 Å². The van der Waals surface area contributed by atoms with E-state index in [0.717, 1.165) is 5.56 Å². The van der Waals surface area contributed by atoms with Gasteiger partial charge in [0.1, 0.15) is 5.82 Å². The van der Waals surface area contributed by atoms with Crippen LogP contribution >= 0.6 is 0 Å². The van der Waals surface area contributed by atoms with Crippen LogP contribution in [0.3, 0.4) is 0 Å². The Kier molecular flexibility index (Phi) is 6.47. The number of halogens is 1. The first-order valence-electron chi connectivity index (χ1n) is 10.4. The predicted octanol–water partition coefficient (Wildman–Crippen LogP) is 5.32. The SMILES string of the molecule is C#CC(C(=O)O)(c1c(C(C)C)nc(-c2ccccc2)c(C)c1-c1ccc(F)cc1)C(C)O. The lowest BCUT2D eigenvalue weighted by atomic mass is 9.70. The van der Waals surface area contributed by atoms with E-state index in [1.54, 1.807) is 12.1 Å². The van der Waals surface area contributed by atoms with Crippen molar-refractivity contribution in [2.24, 2.45) is 0 Å². The van der Waals surface area contributed by atoms with Gasteiger partial charge in [-0.25, -0.2) is 4.39 Å². The van der Waals surface area contributed by atoms with Gasteiger partial charge < -0.3 is 10.2 Å². The molecule has 0 saturated heterocycles. The molecule has 0 aliphatic carbocycles. The highest BCUT2D eigenvalue weighted by atomic mass is 19.1. The number of carbonyl (C=O) groups is 1. The lowest BCUT2D eigenvalue weighted by Crippen LogP contribution is -2.45. The van der Waals surface area contributed by atoms with Crippen LogP contribution in [0, 0.1) is 25.1 Å². The number of rotatable bonds is 6. The van der Waals surface area contributed by atoms with Gasteiger partial charge in [0.15, 0.2) is 5.41 Å². The van der Waals surface area contributed by atoms with Gasteiger partial charge in [-0.3, -0.25) is 9.78 Å². The van der Waals surface area contributed by atoms with Crippen LogP contribution in [0.15, 0.2) is 54.6 Å². The van der Waals surface area contributed by atoms with Crippen LogP contribution < -0.4 is 0 Å². The number of terminal acetylenes is 1. The van der Waals surface area contributed by atoms with E-state index < -0.39 is 23.3 Å². The minimum Gasteiger partial charge on any atom is -0.480 e. The molecule has 2 unspecified atom stereocenters. The van der Waals surface area contributed by atoms with Crippen molar-refractivity contribution >= 4 is 5.97 Å². The molecule has 0 saturated carbocycles. The lowest BCUT2D eigenvalue weighted by Gasteiger charge is -2.33. The molecule has 0 spiro atoms. The fourth-order valence-corrected chi connectivity index (χ4v) is 4.11. The summed E-state index contributed by atoms with van der Waals surface area (Å²) in [5.41, 5.74) is 2.10. The minimum absolute atomic E-state index is 0.196. The lowest BCUT2D eigenvalue weighted by molar-refractivity contribution is -0.145. The van der Waals surface area contributed by atoms with E-state index in [1.165, 1.54) is 19.1 Å². The minimum atomic E-state index is -2.03. The molecule has 3 rings (SSSR count). The summed E-state index contributed by atoms with van der Waals surface area (Å²) in [6, 6.07) is 15.4. The summed E-state index contributed by atoms with van der Waals surface area (Å²) in [5.74, 6) is 0.424. The second-order valence-electron chi connectivity index (χ2n) is 8.18. The molecule has 4 nitrogen and oxygen atoms in total. The number of aromatic nitrogens is 1. The Hall–Kier alpha value is -3.49. The van der Waals surface area contributed by atoms with E-state index >= 15 is 0 Å². The fourth-order valence-electron chi connectivity index (χ4n) is 4.11. The molecular weight excluding hydrogens is 405 g/mol. The van der Waals surface area contributed by atoms with E-state index in [1.807, 2.05) is 51.1 Å². The molecule has 2 aromatic carbocycles. The third-order valence-corrected chi connectivity index (χ3v) is 5.78. The van der Waals surface area contributed by atoms with E-state index in [2.05, 4.69) is 5.92 Å². The Balaban J connectivity index is 2.58. The zero-order valence-corrected chi connectivity index (χ0v) is 18.6. The number of hydrogen-bond acceptors (Lipinski definition) is 3. The summed E-state index contributed by atoms with van der Waals surface area (Å²) < 4.78 is 13.7. The van der Waals surface area contributed by atoms with Crippen molar-refractivity contribution in [3.05, 3.63) is 77.2 Å². The Labute approximate surface area is 187 Å². The van der Waals surface area contributed by atoms with Crippen molar-refractivity contribution in [1.82, 2.24) is 4.98 Å². The van der Waals surface area contributed by atoms with Crippen molar-refractivity contribution < 1.29 is 19.4 Å². The summed E-state index contributed by atoms with van der Waals surface area (Å²) in [6.07, 6.45) is 4.40. The maximum Gasteiger partial charge on any atom is 0.329 e. The molecule has 5 heteroatoms. The summed E-state index contributed by atoms with van der Waals surface area (Å²) >= 11 is 0. The third kappa shape index (κ3) is 3.79. The first kappa shape index (κ1) is 23.2. The molecule has 2 N–H and O–H groups in total. The molecule has 32 heavy (non-hydrogen) atoms. The Bertz CT molecular complexity index is 1180. The van der Waals surface area contributed by atoms with E-state index in [-0.39, 0.29) is 11.5 Å². The molecule has 0 radical (unpaired) electrons. The molecule has 2 atom stereocenters. The zero-order chi connectivity index (χ0) is 23.6. The Morgan fingerprint density at radius 1 is 1.06 bits per heavy atom. The number of nitrogens with zero attached hydrogens (tertiary/aromatic N) is 1. The van der Waals surface area contributed by atoms with Crippen LogP contribution in [-0.2, 0) is 10.2 Å². The van der Waals surface area contributed by atoms with Crippen LogP contribution in [0.1, 0.15) is 43.5 Å². The summed E-state index contributed by atoms with van der Waals surface area (Å²) in [5, 5.41) is 20.9. The van der Waals surface area contributed by atoms with Crippen LogP contribution in [0.25, 0.3) is 22.4 Å². The average molecular weight is 432 g/mol. The van der Waals surface area contributed by atoms with Crippen LogP contribution in [-0.4, -0.2) is 27.3 Å². The molecule has 0 fully saturated rings. The van der Waals surface area contributed by atoms with Gasteiger partial charge >= 0.3 is 5.97 Å². The van der Waals surface area contributed by atoms with Crippen LogP contribution in [0.2, 0.25) is 0 Å². The van der Waals surface area contributed by atoms with Gasteiger partial charge in [-0.15, -0.1) is 6.42 Å². The predicted molar refractivity (Wildman–Crippen MR) is 124 cm³/mol. The number of carboxylic acids is 1. The van der Waals surface area contributed by atoms with Gasteiger partial charge in [-0.2, -0.15) is 0 Å². The molecular formula is C27H26FNO3. The normalized spacial score (nSPS) is 13.9. The topological polar surface area (TPSA) is 70.4 Å². The van der Waals surface area contributed by atoms with Gasteiger partial charge in [0.25, 0.3) is 0 Å². The molecule has 0 aliphatic heterocycles. The van der Waals surface area contributed by atoms with E-state index in [0.29, 0.717) is 28.1 Å². The average Bonchev–Trinajstić information content (AvgIpc) is 2.75. The highest BCUT2D eigenvalue weighted by Crippen LogP contribution is 2.44. The molecule has 1 aromatic heterocycles. The van der Waals surface area contributed by atoms with Crippen molar-refractivity contribution in [1.29, 1.82) is 0 Å². The van der Waals surface area contributed by atoms with Gasteiger partial charge in [0, 0.05) is 16.8 Å². The number of aliphatic hydroxyl groups is 1. The maximum atomic E-state index is 13.7. The summed E-state index contributed by atoms with van der Waals surface area (Å²) in [7, 11) is 0. The van der Waals surface area contributed by atoms with Crippen molar-refractivity contribution in [3.8, 4) is 34.7 Å². The summed E-state index contributed by atoms with van der Waals surface area (Å²) in [6.45, 7) is 7.00. The highest BCUT2D eigenvalue weighted by molar-refractivity contribution is 5.92. The van der Waals surface area contributed by atoms with Crippen molar-refractivity contribution in [3.63, 3.8) is 0 Å². The van der Waals surface area contributed by atoms with Crippen molar-refractivity contribution in [2.45, 2.75) is 45.1 Å². The van der Waals surface area contributed by atoms with Gasteiger partial charge in [-0.1, -0.05) is 62.2 Å². The van der Waals surface area contributed by atoms with E-state index in [4.69, 9.17) is 11.4 Å². The molecule has 164 valence electrons. The zero-order valence-electron chi connectivity index (χ0n) is 18.6. The number of carboxylic acid groups (broad SMARTS) is 1. The first-order valence-corrected chi connectivity index (χ1v) is 10.4. The third-order valence-electron chi connectivity index (χ3n) is 5.78. The smallest absolute Gasteiger partial charge is 0.329 e. The molecule has 0 bridgehead atoms. The fraction of sp³-hybridized carbons (Fsp3) is 0.259. The molecule has 3 aromatic rings. The second-order valence-corrected chi connectivity index (χ2v) is 8.18. The maximum absolute atomic E-state index is 13.7. The largest absolute Gasteiger partial charge is 0.480 e. The Morgan fingerprint density at radius 2 is 1.66 bits per heavy atom. The van der Waals surface area contributed by atoms with Gasteiger partial charge in [0.2, 0.25) is 0 Å². The Morgan fingerprint density at radius 3 is 2.12 bits per heavy atom. The number of benzene rings is 2. The van der Waals surface area contributed by atoms with E-state index in [9.17, 15) is 19.4 Å².